The van der Waals surface area contributed by atoms with Gasteiger partial charge in [0.1, 0.15) is 0 Å². The lowest BCUT2D eigenvalue weighted by molar-refractivity contribution is -0.151. The average molecular weight is 214 g/mol. The van der Waals surface area contributed by atoms with Gasteiger partial charge in [0.05, 0.1) is 13.2 Å². The van der Waals surface area contributed by atoms with Crippen LogP contribution in [0.2, 0.25) is 0 Å². The van der Waals surface area contributed by atoms with Crippen molar-refractivity contribution in [2.75, 3.05) is 13.2 Å². The van der Waals surface area contributed by atoms with Crippen molar-refractivity contribution in [3.8, 4) is 0 Å². The Morgan fingerprint density at radius 1 is 1.20 bits per heavy atom. The minimum absolute atomic E-state index is 0.0410. The molecular formula is C10H14O5. The predicted molar refractivity (Wildman–Crippen MR) is 52.0 cm³/mol. The fraction of sp³-hybridized carbons (Fsp3) is 0.500. The molecule has 0 saturated carbocycles. The molecule has 15 heavy (non-hydrogen) atoms. The summed E-state index contributed by atoms with van der Waals surface area (Å²) in [6.07, 6.45) is 0.136. The first-order chi connectivity index (χ1) is 6.99. The van der Waals surface area contributed by atoms with Gasteiger partial charge < -0.3 is 9.47 Å². The number of hydrogen-bond donors (Lipinski definition) is 0. The lowest BCUT2D eigenvalue weighted by atomic mass is 10.1. The average Bonchev–Trinajstić information content (AvgIpc) is 2.16. The molecule has 0 rings (SSSR count). The van der Waals surface area contributed by atoms with E-state index in [1.165, 1.54) is 6.92 Å². The van der Waals surface area contributed by atoms with Crippen molar-refractivity contribution in [2.45, 2.75) is 20.3 Å². The van der Waals surface area contributed by atoms with E-state index in [1.807, 2.05) is 0 Å². The molecule has 0 aliphatic carbocycles. The van der Waals surface area contributed by atoms with Crippen LogP contribution in [0.3, 0.4) is 0 Å². The summed E-state index contributed by atoms with van der Waals surface area (Å²) >= 11 is 0. The first-order valence-corrected chi connectivity index (χ1v) is 4.51. The van der Waals surface area contributed by atoms with Gasteiger partial charge in [-0.3, -0.25) is 9.59 Å². The van der Waals surface area contributed by atoms with Crippen LogP contribution >= 0.6 is 0 Å². The molecule has 5 heteroatoms. The molecule has 0 heterocycles. The second kappa shape index (κ2) is 6.75. The molecule has 0 atom stereocenters. The maximum absolute atomic E-state index is 11.2. The topological polar surface area (TPSA) is 69.7 Å². The number of hydrogen-bond acceptors (Lipinski definition) is 5. The van der Waals surface area contributed by atoms with Crippen molar-refractivity contribution in [3.05, 3.63) is 12.2 Å². The largest absolute Gasteiger partial charge is 0.466 e. The van der Waals surface area contributed by atoms with E-state index in [4.69, 9.17) is 0 Å². The highest BCUT2D eigenvalue weighted by Crippen LogP contribution is 2.02. The molecule has 5 nitrogen and oxygen atoms in total. The Hall–Kier alpha value is -1.65. The molecule has 0 aliphatic rings. The van der Waals surface area contributed by atoms with Crippen LogP contribution in [0.1, 0.15) is 20.3 Å². The third kappa shape index (κ3) is 5.61. The van der Waals surface area contributed by atoms with E-state index in [0.717, 1.165) is 0 Å². The lowest BCUT2D eigenvalue weighted by Gasteiger charge is -2.04. The molecule has 0 saturated heterocycles. The summed E-state index contributed by atoms with van der Waals surface area (Å²) in [5.41, 5.74) is 0.0784. The molecule has 84 valence electrons. The van der Waals surface area contributed by atoms with Crippen molar-refractivity contribution in [1.29, 1.82) is 0 Å². The maximum atomic E-state index is 11.2. The Morgan fingerprint density at radius 3 is 2.27 bits per heavy atom. The van der Waals surface area contributed by atoms with Crippen LogP contribution in [0.15, 0.2) is 12.2 Å². The number of ketones is 1. The van der Waals surface area contributed by atoms with Gasteiger partial charge in [-0.1, -0.05) is 6.58 Å². The van der Waals surface area contributed by atoms with Crippen LogP contribution in [0.5, 0.6) is 0 Å². The molecule has 0 unspecified atom stereocenters. The number of carbonyl (C=O) groups is 3. The molecule has 0 aromatic carbocycles. The Balaban J connectivity index is 3.94. The molecule has 0 aromatic heterocycles. The summed E-state index contributed by atoms with van der Waals surface area (Å²) in [6, 6.07) is 0. The van der Waals surface area contributed by atoms with Crippen molar-refractivity contribution < 1.29 is 23.9 Å². The minimum Gasteiger partial charge on any atom is -0.466 e. The van der Waals surface area contributed by atoms with Gasteiger partial charge in [0.25, 0.3) is 5.78 Å². The lowest BCUT2D eigenvalue weighted by Crippen LogP contribution is -2.19. The SMILES string of the molecule is C=C(CCOC(C)=O)C(=O)C(=O)OCC. The van der Waals surface area contributed by atoms with Gasteiger partial charge in [-0.15, -0.1) is 0 Å². The summed E-state index contributed by atoms with van der Waals surface area (Å²) in [7, 11) is 0. The van der Waals surface area contributed by atoms with E-state index in [0.29, 0.717) is 0 Å². The number of esters is 2. The standard InChI is InChI=1S/C10H14O5/c1-4-14-10(13)9(12)7(2)5-6-15-8(3)11/h2,4-6H2,1,3H3. The zero-order valence-electron chi connectivity index (χ0n) is 8.87. The first kappa shape index (κ1) is 13.4. The van der Waals surface area contributed by atoms with Gasteiger partial charge in [-0.25, -0.2) is 4.79 Å². The molecule has 0 aromatic rings. The van der Waals surface area contributed by atoms with E-state index < -0.39 is 17.7 Å². The Morgan fingerprint density at radius 2 is 1.80 bits per heavy atom. The number of Topliss-reactive ketones (excluding diaryl/α,β-unsaturated/α-hetero) is 1. The van der Waals surface area contributed by atoms with E-state index in [9.17, 15) is 14.4 Å². The quantitative estimate of drug-likeness (QED) is 0.368. The van der Waals surface area contributed by atoms with Crippen molar-refractivity contribution >= 4 is 17.7 Å². The van der Waals surface area contributed by atoms with E-state index in [2.05, 4.69) is 16.1 Å². The van der Waals surface area contributed by atoms with Gasteiger partial charge in [0, 0.05) is 18.9 Å². The third-order valence-electron chi connectivity index (χ3n) is 1.49. The van der Waals surface area contributed by atoms with Crippen LogP contribution in [0, 0.1) is 0 Å². The van der Waals surface area contributed by atoms with E-state index >= 15 is 0 Å². The van der Waals surface area contributed by atoms with Crippen molar-refractivity contribution in [1.82, 2.24) is 0 Å². The highest BCUT2D eigenvalue weighted by atomic mass is 16.5. The molecule has 0 radical (unpaired) electrons. The second-order valence-electron chi connectivity index (χ2n) is 2.74. The zero-order chi connectivity index (χ0) is 11.8. The van der Waals surface area contributed by atoms with Crippen molar-refractivity contribution in [3.63, 3.8) is 0 Å². The van der Waals surface area contributed by atoms with Gasteiger partial charge >= 0.3 is 11.9 Å². The normalized spacial score (nSPS) is 9.20. The fourth-order valence-electron chi connectivity index (χ4n) is 0.772. The summed E-state index contributed by atoms with van der Waals surface area (Å²) in [6.45, 7) is 6.46. The highest BCUT2D eigenvalue weighted by Gasteiger charge is 2.18. The summed E-state index contributed by atoms with van der Waals surface area (Å²) in [4.78, 5) is 32.5. The van der Waals surface area contributed by atoms with Crippen LogP contribution < -0.4 is 0 Å². The van der Waals surface area contributed by atoms with Gasteiger partial charge in [-0.05, 0) is 6.92 Å². The molecular weight excluding hydrogens is 200 g/mol. The molecule has 0 fully saturated rings. The molecule has 0 N–H and O–H groups in total. The summed E-state index contributed by atoms with van der Waals surface area (Å²) in [5, 5.41) is 0. The molecule has 0 aliphatic heterocycles. The Labute approximate surface area is 88.0 Å². The van der Waals surface area contributed by atoms with Gasteiger partial charge in [0.15, 0.2) is 0 Å². The number of rotatable bonds is 6. The smallest absolute Gasteiger partial charge is 0.379 e. The van der Waals surface area contributed by atoms with E-state index in [-0.39, 0.29) is 25.2 Å². The number of ether oxygens (including phenoxy) is 2. The molecule has 0 amide bonds. The van der Waals surface area contributed by atoms with Crippen molar-refractivity contribution in [2.24, 2.45) is 0 Å². The molecule has 0 bridgehead atoms. The summed E-state index contributed by atoms with van der Waals surface area (Å²) < 4.78 is 9.09. The first-order valence-electron chi connectivity index (χ1n) is 4.51. The zero-order valence-corrected chi connectivity index (χ0v) is 8.87. The van der Waals surface area contributed by atoms with Crippen LogP contribution in [0.4, 0.5) is 0 Å². The fourth-order valence-corrected chi connectivity index (χ4v) is 0.772. The third-order valence-corrected chi connectivity index (χ3v) is 1.49. The summed E-state index contributed by atoms with van der Waals surface area (Å²) in [5.74, 6) is -2.14. The maximum Gasteiger partial charge on any atom is 0.379 e. The molecule has 0 spiro atoms. The minimum atomic E-state index is -0.926. The Kier molecular flexibility index (Phi) is 6.01. The van der Waals surface area contributed by atoms with Gasteiger partial charge in [0.2, 0.25) is 0 Å². The van der Waals surface area contributed by atoms with Crippen LogP contribution in [-0.2, 0) is 23.9 Å². The Bertz CT molecular complexity index is 280. The monoisotopic (exact) mass is 214 g/mol. The van der Waals surface area contributed by atoms with Crippen LogP contribution in [-0.4, -0.2) is 30.9 Å². The second-order valence-corrected chi connectivity index (χ2v) is 2.74. The van der Waals surface area contributed by atoms with Gasteiger partial charge in [-0.2, -0.15) is 0 Å². The highest BCUT2D eigenvalue weighted by molar-refractivity contribution is 6.40. The number of carbonyl (C=O) groups excluding carboxylic acids is 3. The van der Waals surface area contributed by atoms with Crippen LogP contribution in [0.25, 0.3) is 0 Å². The predicted octanol–water partition coefficient (Wildman–Crippen LogP) is 0.628. The van der Waals surface area contributed by atoms with E-state index in [1.54, 1.807) is 6.92 Å².